The van der Waals surface area contributed by atoms with Crippen molar-refractivity contribution in [3.05, 3.63) is 29.3 Å². The number of nitrogens with one attached hydrogen (secondary N) is 1. The molecule has 1 saturated heterocycles. The molecule has 0 radical (unpaired) electrons. The van der Waals surface area contributed by atoms with E-state index in [9.17, 15) is 4.79 Å². The number of hydrogen-bond acceptors (Lipinski definition) is 5. The summed E-state index contributed by atoms with van der Waals surface area (Å²) in [5.41, 5.74) is 6.47. The van der Waals surface area contributed by atoms with E-state index in [1.54, 1.807) is 11.3 Å². The minimum Gasteiger partial charge on any atom is -0.368 e. The first kappa shape index (κ1) is 12.5. The van der Waals surface area contributed by atoms with Crippen molar-refractivity contribution >= 4 is 27.5 Å². The molecule has 1 fully saturated rings. The van der Waals surface area contributed by atoms with Gasteiger partial charge in [-0.05, 0) is 12.1 Å². The van der Waals surface area contributed by atoms with Crippen LogP contribution in [0.2, 0.25) is 0 Å². The van der Waals surface area contributed by atoms with Gasteiger partial charge in [0.1, 0.15) is 11.0 Å². The number of rotatable bonds is 3. The summed E-state index contributed by atoms with van der Waals surface area (Å²) < 4.78 is 1.18. The van der Waals surface area contributed by atoms with Crippen LogP contribution in [0.25, 0.3) is 10.2 Å². The van der Waals surface area contributed by atoms with Gasteiger partial charge in [-0.2, -0.15) is 0 Å². The van der Waals surface area contributed by atoms with Crippen LogP contribution in [0.4, 0.5) is 0 Å². The van der Waals surface area contributed by atoms with Gasteiger partial charge < -0.3 is 11.1 Å². The van der Waals surface area contributed by atoms with Crippen LogP contribution >= 0.6 is 11.3 Å². The molecule has 1 aliphatic rings. The van der Waals surface area contributed by atoms with Gasteiger partial charge in [-0.25, -0.2) is 4.98 Å². The molecule has 6 heteroatoms. The van der Waals surface area contributed by atoms with Crippen LogP contribution in [0, 0.1) is 0 Å². The summed E-state index contributed by atoms with van der Waals surface area (Å²) in [5, 5.41) is 4.24. The van der Waals surface area contributed by atoms with Crippen LogP contribution in [-0.4, -0.2) is 41.5 Å². The van der Waals surface area contributed by atoms with E-state index in [-0.39, 0.29) is 11.9 Å². The molecular weight excluding hydrogens is 260 g/mol. The van der Waals surface area contributed by atoms with Crippen molar-refractivity contribution in [2.75, 3.05) is 19.6 Å². The van der Waals surface area contributed by atoms with E-state index in [4.69, 9.17) is 5.73 Å². The average Bonchev–Trinajstić information content (AvgIpc) is 2.81. The van der Waals surface area contributed by atoms with Gasteiger partial charge in [0.15, 0.2) is 0 Å². The molecular formula is C13H16N4OS. The number of carbonyl (C=O) groups is 1. The zero-order valence-electron chi connectivity index (χ0n) is 10.5. The predicted octanol–water partition coefficient (Wildman–Crippen LogP) is 0.555. The minimum absolute atomic E-state index is 0.235. The number of carbonyl (C=O) groups excluding carboxylic acids is 1. The molecule has 1 amide bonds. The van der Waals surface area contributed by atoms with E-state index in [1.807, 2.05) is 18.2 Å². The van der Waals surface area contributed by atoms with Crippen LogP contribution in [0.3, 0.4) is 0 Å². The fourth-order valence-corrected chi connectivity index (χ4v) is 3.37. The minimum atomic E-state index is -0.270. The van der Waals surface area contributed by atoms with Crippen molar-refractivity contribution in [2.45, 2.75) is 12.6 Å². The van der Waals surface area contributed by atoms with E-state index < -0.39 is 0 Å². The topological polar surface area (TPSA) is 71.2 Å². The lowest BCUT2D eigenvalue weighted by molar-refractivity contribution is -0.124. The summed E-state index contributed by atoms with van der Waals surface area (Å²) >= 11 is 1.68. The SMILES string of the molecule is NC(=O)C1CNCCN1Cc1nc2ccccc2s1. The lowest BCUT2D eigenvalue weighted by Crippen LogP contribution is -2.56. The first-order valence-electron chi connectivity index (χ1n) is 6.32. The van der Waals surface area contributed by atoms with Gasteiger partial charge in [0.25, 0.3) is 0 Å². The molecule has 100 valence electrons. The molecule has 1 atom stereocenters. The zero-order valence-corrected chi connectivity index (χ0v) is 11.3. The number of nitrogens with zero attached hydrogens (tertiary/aromatic N) is 2. The normalized spacial score (nSPS) is 20.7. The summed E-state index contributed by atoms with van der Waals surface area (Å²) in [4.78, 5) is 18.2. The molecule has 0 bridgehead atoms. The number of aromatic nitrogens is 1. The number of hydrogen-bond donors (Lipinski definition) is 2. The molecule has 1 aromatic heterocycles. The smallest absolute Gasteiger partial charge is 0.236 e. The van der Waals surface area contributed by atoms with E-state index in [0.717, 1.165) is 23.6 Å². The fraction of sp³-hybridized carbons (Fsp3) is 0.385. The maximum atomic E-state index is 11.5. The highest BCUT2D eigenvalue weighted by molar-refractivity contribution is 7.18. The second-order valence-electron chi connectivity index (χ2n) is 4.67. The monoisotopic (exact) mass is 276 g/mol. The van der Waals surface area contributed by atoms with Crippen LogP contribution in [0.5, 0.6) is 0 Å². The number of nitrogens with two attached hydrogens (primary N) is 1. The molecule has 3 rings (SSSR count). The van der Waals surface area contributed by atoms with Crippen molar-refractivity contribution in [1.82, 2.24) is 15.2 Å². The van der Waals surface area contributed by atoms with Gasteiger partial charge in [-0.15, -0.1) is 11.3 Å². The van der Waals surface area contributed by atoms with E-state index in [0.29, 0.717) is 13.1 Å². The maximum absolute atomic E-state index is 11.5. The molecule has 1 aliphatic heterocycles. The van der Waals surface area contributed by atoms with Crippen molar-refractivity contribution in [3.8, 4) is 0 Å². The number of benzene rings is 1. The Morgan fingerprint density at radius 3 is 3.16 bits per heavy atom. The average molecular weight is 276 g/mol. The second kappa shape index (κ2) is 5.24. The highest BCUT2D eigenvalue weighted by Crippen LogP contribution is 2.23. The van der Waals surface area contributed by atoms with Crippen LogP contribution in [0.1, 0.15) is 5.01 Å². The Bertz CT molecular complexity index is 564. The van der Waals surface area contributed by atoms with Crippen molar-refractivity contribution < 1.29 is 4.79 Å². The van der Waals surface area contributed by atoms with E-state index in [2.05, 4.69) is 21.3 Å². The highest BCUT2D eigenvalue weighted by Gasteiger charge is 2.27. The van der Waals surface area contributed by atoms with Crippen molar-refractivity contribution in [1.29, 1.82) is 0 Å². The third kappa shape index (κ3) is 2.60. The molecule has 5 nitrogen and oxygen atoms in total. The number of thiazole rings is 1. The Labute approximate surface area is 115 Å². The Balaban J connectivity index is 1.80. The van der Waals surface area contributed by atoms with Crippen LogP contribution in [0.15, 0.2) is 24.3 Å². The Kier molecular flexibility index (Phi) is 3.46. The summed E-state index contributed by atoms with van der Waals surface area (Å²) in [5.74, 6) is -0.270. The van der Waals surface area contributed by atoms with E-state index >= 15 is 0 Å². The van der Waals surface area contributed by atoms with Crippen molar-refractivity contribution in [3.63, 3.8) is 0 Å². The summed E-state index contributed by atoms with van der Waals surface area (Å²) in [7, 11) is 0. The molecule has 0 aliphatic carbocycles. The van der Waals surface area contributed by atoms with Gasteiger partial charge in [0.05, 0.1) is 16.8 Å². The van der Waals surface area contributed by atoms with Gasteiger partial charge in [-0.1, -0.05) is 12.1 Å². The number of piperazine rings is 1. The number of fused-ring (bicyclic) bond motifs is 1. The lowest BCUT2D eigenvalue weighted by Gasteiger charge is -2.33. The fourth-order valence-electron chi connectivity index (χ4n) is 2.38. The summed E-state index contributed by atoms with van der Waals surface area (Å²) in [6, 6.07) is 7.85. The van der Waals surface area contributed by atoms with Crippen LogP contribution in [-0.2, 0) is 11.3 Å². The van der Waals surface area contributed by atoms with E-state index in [1.165, 1.54) is 4.70 Å². The predicted molar refractivity (Wildman–Crippen MR) is 75.9 cm³/mol. The van der Waals surface area contributed by atoms with Gasteiger partial charge in [-0.3, -0.25) is 9.69 Å². The van der Waals surface area contributed by atoms with Gasteiger partial charge in [0.2, 0.25) is 5.91 Å². The lowest BCUT2D eigenvalue weighted by atomic mass is 10.2. The molecule has 1 aromatic carbocycles. The standard InChI is InChI=1S/C13H16N4OS/c14-13(18)10-7-15-5-6-17(10)8-12-16-9-3-1-2-4-11(9)19-12/h1-4,10,15H,5-8H2,(H2,14,18). The quantitative estimate of drug-likeness (QED) is 0.859. The summed E-state index contributed by atoms with van der Waals surface area (Å²) in [6.07, 6.45) is 0. The molecule has 0 spiro atoms. The first-order valence-corrected chi connectivity index (χ1v) is 7.14. The van der Waals surface area contributed by atoms with Gasteiger partial charge >= 0.3 is 0 Å². The Morgan fingerprint density at radius 2 is 2.37 bits per heavy atom. The van der Waals surface area contributed by atoms with Gasteiger partial charge in [0, 0.05) is 19.6 Å². The number of amides is 1. The molecule has 0 saturated carbocycles. The van der Waals surface area contributed by atoms with Crippen molar-refractivity contribution in [2.24, 2.45) is 5.73 Å². The molecule has 2 heterocycles. The highest BCUT2D eigenvalue weighted by atomic mass is 32.1. The largest absolute Gasteiger partial charge is 0.368 e. The third-order valence-electron chi connectivity index (χ3n) is 3.36. The number of primary amides is 1. The number of para-hydroxylation sites is 1. The molecule has 3 N–H and O–H groups in total. The summed E-state index contributed by atoms with van der Waals surface area (Å²) in [6.45, 7) is 3.02. The Hall–Kier alpha value is -1.50. The molecule has 1 unspecified atom stereocenters. The third-order valence-corrected chi connectivity index (χ3v) is 4.38. The molecule has 2 aromatic rings. The Morgan fingerprint density at radius 1 is 1.53 bits per heavy atom. The zero-order chi connectivity index (χ0) is 13.2. The molecule has 19 heavy (non-hydrogen) atoms. The maximum Gasteiger partial charge on any atom is 0.236 e. The second-order valence-corrected chi connectivity index (χ2v) is 5.78. The first-order chi connectivity index (χ1) is 9.24. The van der Waals surface area contributed by atoms with Crippen LogP contribution < -0.4 is 11.1 Å².